The third-order valence-corrected chi connectivity index (χ3v) is 7.37. The molecule has 3 aromatic carbocycles. The number of hydroxylamine groups is 1. The van der Waals surface area contributed by atoms with Crippen LogP contribution in [0.2, 0.25) is 0 Å². The molecule has 1 aliphatic rings. The molecule has 1 heterocycles. The number of benzene rings is 3. The number of rotatable bonds is 6. The van der Waals surface area contributed by atoms with Crippen molar-refractivity contribution in [3.05, 3.63) is 95.6 Å². The van der Waals surface area contributed by atoms with E-state index in [9.17, 15) is 13.2 Å². The van der Waals surface area contributed by atoms with Gasteiger partial charge in [-0.2, -0.15) is 4.31 Å². The maximum absolute atomic E-state index is 13.2. The summed E-state index contributed by atoms with van der Waals surface area (Å²) in [6, 6.07) is 25.0. The molecular formula is C24H24N2O5S. The van der Waals surface area contributed by atoms with Crippen LogP contribution in [0.3, 0.4) is 0 Å². The Kier molecular flexibility index (Phi) is 6.55. The van der Waals surface area contributed by atoms with E-state index in [-0.39, 0.29) is 12.3 Å². The van der Waals surface area contributed by atoms with Crippen LogP contribution >= 0.6 is 0 Å². The number of hydrogen-bond donors (Lipinski definition) is 2. The van der Waals surface area contributed by atoms with E-state index in [1.165, 1.54) is 9.79 Å². The number of aryl methyl sites for hydroxylation is 1. The van der Waals surface area contributed by atoms with Gasteiger partial charge < -0.3 is 4.74 Å². The predicted molar refractivity (Wildman–Crippen MR) is 120 cm³/mol. The Bertz CT molecular complexity index is 1180. The Hall–Kier alpha value is -3.20. The van der Waals surface area contributed by atoms with E-state index < -0.39 is 22.3 Å². The van der Waals surface area contributed by atoms with Gasteiger partial charge in [0.1, 0.15) is 0 Å². The van der Waals surface area contributed by atoms with Gasteiger partial charge in [0, 0.05) is 12.1 Å². The quantitative estimate of drug-likeness (QED) is 0.437. The molecule has 0 bridgehead atoms. The number of nitrogens with one attached hydrogen (secondary N) is 1. The highest BCUT2D eigenvalue weighted by atomic mass is 32.2. The number of sulfonamides is 1. The van der Waals surface area contributed by atoms with E-state index >= 15 is 0 Å². The van der Waals surface area contributed by atoms with Crippen LogP contribution in [0.15, 0.2) is 78.9 Å². The fourth-order valence-corrected chi connectivity index (χ4v) is 5.45. The summed E-state index contributed by atoms with van der Waals surface area (Å²) in [5.41, 5.74) is 5.97. The number of nitrogens with zero attached hydrogens (tertiary/aromatic N) is 1. The molecule has 4 rings (SSSR count). The number of carbonyl (C=O) groups is 1. The number of carbonyl (C=O) groups excluding carboxylic acids is 1. The summed E-state index contributed by atoms with van der Waals surface area (Å²) in [4.78, 5) is 11.7. The molecule has 0 unspecified atom stereocenters. The minimum Gasteiger partial charge on any atom is -0.423 e. The monoisotopic (exact) mass is 452 g/mol. The molecule has 0 aromatic heterocycles. The molecule has 0 saturated carbocycles. The number of hydrogen-bond acceptors (Lipinski definition) is 5. The number of fused-ring (bicyclic) bond motifs is 1. The van der Waals surface area contributed by atoms with Gasteiger partial charge in [0.05, 0.1) is 5.75 Å². The first kappa shape index (κ1) is 22.0. The number of ether oxygens (including phenoxy) is 1. The minimum absolute atomic E-state index is 0.125. The molecule has 0 aliphatic carbocycles. The Labute approximate surface area is 187 Å². The summed E-state index contributed by atoms with van der Waals surface area (Å²) in [7, 11) is -3.74. The van der Waals surface area contributed by atoms with Crippen molar-refractivity contribution < 1.29 is 23.2 Å². The first-order valence-corrected chi connectivity index (χ1v) is 11.9. The lowest BCUT2D eigenvalue weighted by molar-refractivity contribution is 0.00239. The van der Waals surface area contributed by atoms with E-state index in [2.05, 4.69) is 0 Å². The van der Waals surface area contributed by atoms with Gasteiger partial charge in [0.25, 0.3) is 0 Å². The third-order valence-electron chi connectivity index (χ3n) is 5.56. The predicted octanol–water partition coefficient (Wildman–Crippen LogP) is 3.90. The van der Waals surface area contributed by atoms with E-state index in [4.69, 9.17) is 9.94 Å². The summed E-state index contributed by atoms with van der Waals surface area (Å²) in [6.45, 7) is 0.190. The lowest BCUT2D eigenvalue weighted by Gasteiger charge is -2.35. The van der Waals surface area contributed by atoms with Crippen molar-refractivity contribution in [1.29, 1.82) is 0 Å². The highest BCUT2D eigenvalue weighted by Gasteiger charge is 2.37. The summed E-state index contributed by atoms with van der Waals surface area (Å²) in [6.07, 6.45) is -1.39. The minimum atomic E-state index is -3.74. The van der Waals surface area contributed by atoms with Gasteiger partial charge in [-0.15, -0.1) is 0 Å². The molecule has 1 amide bonds. The van der Waals surface area contributed by atoms with E-state index in [1.807, 2.05) is 66.7 Å². The van der Waals surface area contributed by atoms with Crippen molar-refractivity contribution in [1.82, 2.24) is 9.79 Å². The molecule has 8 heteroatoms. The summed E-state index contributed by atoms with van der Waals surface area (Å²) in [5, 5.41) is 8.87. The number of amides is 1. The summed E-state index contributed by atoms with van der Waals surface area (Å²) < 4.78 is 32.8. The lowest BCUT2D eigenvalue weighted by Crippen LogP contribution is -2.44. The highest BCUT2D eigenvalue weighted by molar-refractivity contribution is 7.89. The maximum Gasteiger partial charge on any atom is 0.432 e. The largest absolute Gasteiger partial charge is 0.432 e. The van der Waals surface area contributed by atoms with Gasteiger partial charge in [0.2, 0.25) is 10.0 Å². The zero-order valence-corrected chi connectivity index (χ0v) is 18.2. The van der Waals surface area contributed by atoms with Crippen LogP contribution in [-0.4, -0.2) is 36.3 Å². The van der Waals surface area contributed by atoms with Gasteiger partial charge in [0.15, 0.2) is 6.23 Å². The van der Waals surface area contributed by atoms with Crippen molar-refractivity contribution in [3.63, 3.8) is 0 Å². The standard InChI is InChI=1S/C24H24N2O5S/c27-24(25-28)31-23-22-9-5-4-8-21(22)14-16-26(23)32(29,30)17-15-18-10-12-20(13-11-18)19-6-2-1-3-7-19/h1-13,23,28H,14-17H2,(H,25,27)/t23-/m1/s1. The van der Waals surface area contributed by atoms with Gasteiger partial charge in [-0.05, 0) is 35.1 Å². The van der Waals surface area contributed by atoms with Crippen LogP contribution in [0.1, 0.15) is 22.9 Å². The molecule has 2 N–H and O–H groups in total. The lowest BCUT2D eigenvalue weighted by atomic mass is 10.00. The Morgan fingerprint density at radius 2 is 1.62 bits per heavy atom. The van der Waals surface area contributed by atoms with Crippen LogP contribution < -0.4 is 5.48 Å². The average Bonchev–Trinajstić information content (AvgIpc) is 2.83. The van der Waals surface area contributed by atoms with E-state index in [0.29, 0.717) is 18.4 Å². The van der Waals surface area contributed by atoms with Crippen LogP contribution in [-0.2, 0) is 27.6 Å². The topological polar surface area (TPSA) is 95.9 Å². The molecule has 0 saturated heterocycles. The second kappa shape index (κ2) is 9.52. The second-order valence-electron chi connectivity index (χ2n) is 7.56. The molecular weight excluding hydrogens is 428 g/mol. The maximum atomic E-state index is 13.2. The highest BCUT2D eigenvalue weighted by Crippen LogP contribution is 2.33. The molecule has 32 heavy (non-hydrogen) atoms. The Morgan fingerprint density at radius 1 is 0.969 bits per heavy atom. The van der Waals surface area contributed by atoms with Crippen LogP contribution in [0.25, 0.3) is 11.1 Å². The molecule has 166 valence electrons. The van der Waals surface area contributed by atoms with Crippen molar-refractivity contribution in [2.45, 2.75) is 19.1 Å². The molecule has 7 nitrogen and oxygen atoms in total. The second-order valence-corrected chi connectivity index (χ2v) is 9.60. The van der Waals surface area contributed by atoms with Crippen LogP contribution in [0.5, 0.6) is 0 Å². The zero-order chi connectivity index (χ0) is 22.6. The normalized spacial score (nSPS) is 16.2. The fourth-order valence-electron chi connectivity index (χ4n) is 3.90. The molecule has 1 aliphatic heterocycles. The van der Waals surface area contributed by atoms with Gasteiger partial charge in [-0.25, -0.2) is 18.7 Å². The molecule has 3 aromatic rings. The van der Waals surface area contributed by atoms with Gasteiger partial charge in [-0.1, -0.05) is 78.9 Å². The van der Waals surface area contributed by atoms with Crippen LogP contribution in [0, 0.1) is 0 Å². The third kappa shape index (κ3) is 4.83. The molecule has 0 radical (unpaired) electrons. The van der Waals surface area contributed by atoms with E-state index in [0.717, 1.165) is 22.3 Å². The first-order chi connectivity index (χ1) is 15.5. The molecule has 0 fully saturated rings. The summed E-state index contributed by atoms with van der Waals surface area (Å²) in [5.74, 6) is -0.125. The van der Waals surface area contributed by atoms with Crippen molar-refractivity contribution in [3.8, 4) is 11.1 Å². The molecule has 1 atom stereocenters. The molecule has 0 spiro atoms. The van der Waals surface area contributed by atoms with Crippen LogP contribution in [0.4, 0.5) is 4.79 Å². The average molecular weight is 453 g/mol. The SMILES string of the molecule is O=C(NO)O[C@@H]1c2ccccc2CCN1S(=O)(=O)CCc1ccc(-c2ccccc2)cc1. The van der Waals surface area contributed by atoms with E-state index in [1.54, 1.807) is 12.1 Å². The van der Waals surface area contributed by atoms with Crippen molar-refractivity contribution in [2.75, 3.05) is 12.3 Å². The van der Waals surface area contributed by atoms with Crippen molar-refractivity contribution in [2.24, 2.45) is 0 Å². The zero-order valence-electron chi connectivity index (χ0n) is 17.3. The summed E-state index contributed by atoms with van der Waals surface area (Å²) >= 11 is 0. The van der Waals surface area contributed by atoms with Gasteiger partial charge in [-0.3, -0.25) is 5.21 Å². The Morgan fingerprint density at radius 3 is 2.34 bits per heavy atom. The first-order valence-electron chi connectivity index (χ1n) is 10.3. The Balaban J connectivity index is 1.50. The van der Waals surface area contributed by atoms with Crippen molar-refractivity contribution >= 4 is 16.1 Å². The smallest absolute Gasteiger partial charge is 0.423 e. The fraction of sp³-hybridized carbons (Fsp3) is 0.208. The van der Waals surface area contributed by atoms with Gasteiger partial charge >= 0.3 is 6.09 Å².